The topological polar surface area (TPSA) is 67.4 Å². The first-order chi connectivity index (χ1) is 14.7. The Balaban J connectivity index is 1.53. The second-order valence-electron chi connectivity index (χ2n) is 6.93. The van der Waals surface area contributed by atoms with Gasteiger partial charge in [0.25, 0.3) is 5.91 Å². The van der Waals surface area contributed by atoms with Crippen LogP contribution in [0.15, 0.2) is 78.9 Å². The van der Waals surface area contributed by atoms with Crippen LogP contribution in [0.25, 0.3) is 0 Å². The summed E-state index contributed by atoms with van der Waals surface area (Å²) in [4.78, 5) is 25.0. The van der Waals surface area contributed by atoms with Crippen LogP contribution in [0, 0.1) is 0 Å². The van der Waals surface area contributed by atoms with E-state index < -0.39 is 0 Å². The molecule has 0 aliphatic carbocycles. The van der Waals surface area contributed by atoms with Gasteiger partial charge < -0.3 is 15.4 Å². The van der Waals surface area contributed by atoms with Crippen LogP contribution in [-0.2, 0) is 17.6 Å². The Morgan fingerprint density at radius 1 is 0.800 bits per heavy atom. The lowest BCUT2D eigenvalue weighted by Crippen LogP contribution is -2.27. The number of aryl methyl sites for hydroxylation is 1. The van der Waals surface area contributed by atoms with E-state index in [-0.39, 0.29) is 11.8 Å². The van der Waals surface area contributed by atoms with Gasteiger partial charge in [0.05, 0.1) is 18.4 Å². The van der Waals surface area contributed by atoms with Gasteiger partial charge in [-0.25, -0.2) is 0 Å². The number of amides is 2. The van der Waals surface area contributed by atoms with Crippen molar-refractivity contribution >= 4 is 17.5 Å². The summed E-state index contributed by atoms with van der Waals surface area (Å²) in [6.07, 6.45) is 1.69. The van der Waals surface area contributed by atoms with E-state index in [0.717, 1.165) is 23.3 Å². The van der Waals surface area contributed by atoms with Crippen LogP contribution in [0.2, 0.25) is 0 Å². The molecule has 0 spiro atoms. The van der Waals surface area contributed by atoms with Crippen molar-refractivity contribution in [3.8, 4) is 5.75 Å². The van der Waals surface area contributed by atoms with Crippen LogP contribution >= 0.6 is 0 Å². The smallest absolute Gasteiger partial charge is 0.253 e. The van der Waals surface area contributed by atoms with Crippen molar-refractivity contribution in [2.75, 3.05) is 19.0 Å². The third kappa shape index (κ3) is 6.21. The maximum Gasteiger partial charge on any atom is 0.253 e. The van der Waals surface area contributed by atoms with Gasteiger partial charge >= 0.3 is 0 Å². The zero-order chi connectivity index (χ0) is 21.2. The maximum atomic E-state index is 12.6. The molecule has 3 rings (SSSR count). The Bertz CT molecular complexity index is 969. The van der Waals surface area contributed by atoms with Crippen molar-refractivity contribution in [2.24, 2.45) is 0 Å². The Hall–Kier alpha value is -3.60. The minimum absolute atomic E-state index is 0.129. The van der Waals surface area contributed by atoms with Crippen LogP contribution in [0.4, 0.5) is 5.69 Å². The minimum Gasteiger partial charge on any atom is -0.497 e. The van der Waals surface area contributed by atoms with Crippen molar-refractivity contribution in [3.63, 3.8) is 0 Å². The molecule has 3 aromatic rings. The lowest BCUT2D eigenvalue weighted by atomic mass is 10.1. The number of methoxy groups -OCH3 is 1. The number of hydrogen-bond acceptors (Lipinski definition) is 3. The Labute approximate surface area is 177 Å². The second kappa shape index (κ2) is 10.8. The summed E-state index contributed by atoms with van der Waals surface area (Å²) < 4.78 is 5.15. The second-order valence-corrected chi connectivity index (χ2v) is 6.93. The summed E-state index contributed by atoms with van der Waals surface area (Å²) in [5, 5.41) is 5.80. The van der Waals surface area contributed by atoms with Gasteiger partial charge in [-0.1, -0.05) is 54.6 Å². The molecule has 0 atom stereocenters. The molecule has 0 saturated heterocycles. The number of carbonyl (C=O) groups excluding carboxylic acids is 2. The van der Waals surface area contributed by atoms with Gasteiger partial charge in [-0.2, -0.15) is 0 Å². The third-order valence-corrected chi connectivity index (χ3v) is 4.79. The molecule has 0 aromatic heterocycles. The van der Waals surface area contributed by atoms with Crippen molar-refractivity contribution in [1.82, 2.24) is 5.32 Å². The minimum atomic E-state index is -0.197. The van der Waals surface area contributed by atoms with Gasteiger partial charge in [-0.3, -0.25) is 9.59 Å². The third-order valence-electron chi connectivity index (χ3n) is 4.79. The van der Waals surface area contributed by atoms with Gasteiger partial charge in [-0.05, 0) is 48.2 Å². The van der Waals surface area contributed by atoms with Crippen LogP contribution in [0.3, 0.4) is 0 Å². The number of rotatable bonds is 9. The Kier molecular flexibility index (Phi) is 7.61. The number of hydrogen-bond donors (Lipinski definition) is 2. The highest BCUT2D eigenvalue weighted by Crippen LogP contribution is 2.17. The molecule has 154 valence electrons. The monoisotopic (exact) mass is 402 g/mol. The normalized spacial score (nSPS) is 10.3. The summed E-state index contributed by atoms with van der Waals surface area (Å²) in [5.74, 6) is 0.461. The first-order valence-electron chi connectivity index (χ1n) is 9.99. The van der Waals surface area contributed by atoms with Crippen LogP contribution in [-0.4, -0.2) is 25.5 Å². The van der Waals surface area contributed by atoms with E-state index in [1.165, 1.54) is 0 Å². The molecule has 3 aromatic carbocycles. The van der Waals surface area contributed by atoms with Crippen LogP contribution in [0.5, 0.6) is 5.75 Å². The van der Waals surface area contributed by atoms with Crippen molar-refractivity contribution in [3.05, 3.63) is 95.6 Å². The van der Waals surface area contributed by atoms with E-state index in [1.54, 1.807) is 31.4 Å². The molecular formula is C25H26N2O3. The summed E-state index contributed by atoms with van der Waals surface area (Å²) in [6, 6.07) is 24.7. The van der Waals surface area contributed by atoms with Crippen molar-refractivity contribution in [1.29, 1.82) is 0 Å². The van der Waals surface area contributed by atoms with E-state index in [1.807, 2.05) is 54.6 Å². The maximum absolute atomic E-state index is 12.6. The molecule has 0 bridgehead atoms. The summed E-state index contributed by atoms with van der Waals surface area (Å²) in [6.45, 7) is 0.530. The number of anilines is 1. The number of benzene rings is 3. The van der Waals surface area contributed by atoms with E-state index in [9.17, 15) is 9.59 Å². The molecule has 5 nitrogen and oxygen atoms in total. The lowest BCUT2D eigenvalue weighted by Gasteiger charge is -2.12. The molecule has 0 fully saturated rings. The molecular weight excluding hydrogens is 376 g/mol. The average molecular weight is 402 g/mol. The molecule has 2 N–H and O–H groups in total. The largest absolute Gasteiger partial charge is 0.497 e. The Morgan fingerprint density at radius 2 is 1.47 bits per heavy atom. The Morgan fingerprint density at radius 3 is 2.20 bits per heavy atom. The first-order valence-corrected chi connectivity index (χ1v) is 9.99. The molecule has 5 heteroatoms. The van der Waals surface area contributed by atoms with Crippen LogP contribution < -0.4 is 15.4 Å². The van der Waals surface area contributed by atoms with E-state index in [0.29, 0.717) is 30.6 Å². The highest BCUT2D eigenvalue weighted by molar-refractivity contribution is 6.03. The highest BCUT2D eigenvalue weighted by Gasteiger charge is 2.13. The van der Waals surface area contributed by atoms with Crippen molar-refractivity contribution in [2.45, 2.75) is 19.3 Å². The van der Waals surface area contributed by atoms with E-state index in [2.05, 4.69) is 10.6 Å². The summed E-state index contributed by atoms with van der Waals surface area (Å²) in [7, 11) is 1.62. The lowest BCUT2D eigenvalue weighted by molar-refractivity contribution is -0.116. The number of para-hydroxylation sites is 1. The SMILES string of the molecule is COc1ccc(CCC(=O)Nc2ccccc2C(=O)NCCc2ccccc2)cc1. The summed E-state index contributed by atoms with van der Waals surface area (Å²) in [5.41, 5.74) is 3.20. The van der Waals surface area contributed by atoms with Gasteiger partial charge in [0, 0.05) is 13.0 Å². The standard InChI is InChI=1S/C25H26N2O3/c1-30-21-14-11-20(12-15-21)13-16-24(28)27-23-10-6-5-9-22(23)25(29)26-18-17-19-7-3-2-4-8-19/h2-12,14-15H,13,16-18H2,1H3,(H,26,29)(H,27,28). The fourth-order valence-corrected chi connectivity index (χ4v) is 3.11. The van der Waals surface area contributed by atoms with Crippen molar-refractivity contribution < 1.29 is 14.3 Å². The molecule has 30 heavy (non-hydrogen) atoms. The quantitative estimate of drug-likeness (QED) is 0.563. The molecule has 2 amide bonds. The van der Waals surface area contributed by atoms with Gasteiger partial charge in [0.15, 0.2) is 0 Å². The van der Waals surface area contributed by atoms with Gasteiger partial charge in [-0.15, -0.1) is 0 Å². The van der Waals surface area contributed by atoms with Gasteiger partial charge in [0.2, 0.25) is 5.91 Å². The predicted molar refractivity (Wildman–Crippen MR) is 119 cm³/mol. The first kappa shape index (κ1) is 21.1. The highest BCUT2D eigenvalue weighted by atomic mass is 16.5. The molecule has 0 saturated carbocycles. The number of ether oxygens (including phenoxy) is 1. The summed E-state index contributed by atoms with van der Waals surface area (Å²) >= 11 is 0. The van der Waals surface area contributed by atoms with Crippen LogP contribution in [0.1, 0.15) is 27.9 Å². The number of carbonyl (C=O) groups is 2. The predicted octanol–water partition coefficient (Wildman–Crippen LogP) is 4.24. The molecule has 0 aliphatic heterocycles. The molecule has 0 unspecified atom stereocenters. The molecule has 0 radical (unpaired) electrons. The average Bonchev–Trinajstić information content (AvgIpc) is 2.79. The fourth-order valence-electron chi connectivity index (χ4n) is 3.11. The fraction of sp³-hybridized carbons (Fsp3) is 0.200. The van der Waals surface area contributed by atoms with E-state index in [4.69, 9.17) is 4.74 Å². The molecule has 0 heterocycles. The zero-order valence-corrected chi connectivity index (χ0v) is 17.1. The van der Waals surface area contributed by atoms with E-state index >= 15 is 0 Å². The zero-order valence-electron chi connectivity index (χ0n) is 17.1. The molecule has 0 aliphatic rings. The van der Waals surface area contributed by atoms with Gasteiger partial charge in [0.1, 0.15) is 5.75 Å². The number of nitrogens with one attached hydrogen (secondary N) is 2.